The SMILES string of the molecule is CCC[C@H](NC(=O)c1cccc([N+](=O)[O-])c1N[C@H]1CC[C@H](C(=O)NC)C1)c1ccc(C(F)(F)F)cc1. The maximum atomic E-state index is 13.3. The van der Waals surface area contributed by atoms with Gasteiger partial charge in [0.15, 0.2) is 0 Å². The van der Waals surface area contributed by atoms with Crippen molar-refractivity contribution in [3.8, 4) is 0 Å². The molecule has 0 heterocycles. The molecule has 8 nitrogen and oxygen atoms in total. The van der Waals surface area contributed by atoms with Crippen LogP contribution in [0.5, 0.6) is 0 Å². The minimum absolute atomic E-state index is 0.0561. The van der Waals surface area contributed by atoms with Crippen molar-refractivity contribution in [1.29, 1.82) is 0 Å². The van der Waals surface area contributed by atoms with Gasteiger partial charge in [-0.3, -0.25) is 19.7 Å². The van der Waals surface area contributed by atoms with Gasteiger partial charge >= 0.3 is 6.18 Å². The normalized spacial score (nSPS) is 18.4. The van der Waals surface area contributed by atoms with Gasteiger partial charge in [-0.15, -0.1) is 0 Å². The molecule has 1 saturated carbocycles. The molecule has 3 rings (SSSR count). The first-order chi connectivity index (χ1) is 17.0. The number of hydrogen-bond acceptors (Lipinski definition) is 5. The Kier molecular flexibility index (Phi) is 8.54. The smallest absolute Gasteiger partial charge is 0.376 e. The highest BCUT2D eigenvalue weighted by molar-refractivity contribution is 6.02. The Balaban J connectivity index is 1.86. The summed E-state index contributed by atoms with van der Waals surface area (Å²) in [5.74, 6) is -0.902. The number of para-hydroxylation sites is 1. The zero-order chi connectivity index (χ0) is 26.5. The third kappa shape index (κ3) is 6.32. The number of nitro benzene ring substituents is 1. The Morgan fingerprint density at radius 3 is 2.42 bits per heavy atom. The van der Waals surface area contributed by atoms with Gasteiger partial charge in [-0.1, -0.05) is 31.5 Å². The van der Waals surface area contributed by atoms with Crippen molar-refractivity contribution in [2.75, 3.05) is 12.4 Å². The predicted molar refractivity (Wildman–Crippen MR) is 128 cm³/mol. The third-order valence-electron chi connectivity index (χ3n) is 6.41. The first kappa shape index (κ1) is 27.0. The van der Waals surface area contributed by atoms with E-state index in [9.17, 15) is 32.9 Å². The van der Waals surface area contributed by atoms with Crippen molar-refractivity contribution in [3.05, 3.63) is 69.3 Å². The minimum atomic E-state index is -4.47. The van der Waals surface area contributed by atoms with E-state index in [0.29, 0.717) is 37.7 Å². The summed E-state index contributed by atoms with van der Waals surface area (Å²) >= 11 is 0. The van der Waals surface area contributed by atoms with Crippen LogP contribution in [0.25, 0.3) is 0 Å². The summed E-state index contributed by atoms with van der Waals surface area (Å²) in [6.07, 6.45) is -1.67. The van der Waals surface area contributed by atoms with Gasteiger partial charge in [0.05, 0.1) is 22.1 Å². The maximum Gasteiger partial charge on any atom is 0.416 e. The van der Waals surface area contributed by atoms with Gasteiger partial charge < -0.3 is 16.0 Å². The molecule has 0 bridgehead atoms. The number of hydrogen-bond donors (Lipinski definition) is 3. The lowest BCUT2D eigenvalue weighted by Crippen LogP contribution is -2.30. The molecular formula is C25H29F3N4O4. The number of nitrogens with zero attached hydrogens (tertiary/aromatic N) is 1. The lowest BCUT2D eigenvalue weighted by molar-refractivity contribution is -0.384. The van der Waals surface area contributed by atoms with Crippen molar-refractivity contribution >= 4 is 23.2 Å². The van der Waals surface area contributed by atoms with Crippen LogP contribution in [0.3, 0.4) is 0 Å². The first-order valence-electron chi connectivity index (χ1n) is 11.8. The van der Waals surface area contributed by atoms with Crippen LogP contribution in [0.15, 0.2) is 42.5 Å². The lowest BCUT2D eigenvalue weighted by atomic mass is 9.99. The van der Waals surface area contributed by atoms with Gasteiger partial charge in [-0.2, -0.15) is 13.2 Å². The number of nitrogens with one attached hydrogen (secondary N) is 3. The molecule has 0 spiro atoms. The quantitative estimate of drug-likeness (QED) is 0.319. The van der Waals surface area contributed by atoms with Crippen molar-refractivity contribution < 1.29 is 27.7 Å². The zero-order valence-corrected chi connectivity index (χ0v) is 20.0. The van der Waals surface area contributed by atoms with Crippen LogP contribution in [0.2, 0.25) is 0 Å². The Labute approximate surface area is 206 Å². The summed E-state index contributed by atoms with van der Waals surface area (Å²) in [4.78, 5) is 36.4. The lowest BCUT2D eigenvalue weighted by Gasteiger charge is -2.22. The van der Waals surface area contributed by atoms with E-state index >= 15 is 0 Å². The van der Waals surface area contributed by atoms with E-state index in [1.165, 1.54) is 30.3 Å². The van der Waals surface area contributed by atoms with Crippen LogP contribution >= 0.6 is 0 Å². The van der Waals surface area contributed by atoms with Crippen LogP contribution in [-0.4, -0.2) is 29.8 Å². The molecular weight excluding hydrogens is 477 g/mol. The number of anilines is 1. The van der Waals surface area contributed by atoms with E-state index in [0.717, 1.165) is 12.1 Å². The number of amides is 2. The summed E-state index contributed by atoms with van der Waals surface area (Å²) in [6, 6.07) is 7.94. The highest BCUT2D eigenvalue weighted by Crippen LogP contribution is 2.35. The largest absolute Gasteiger partial charge is 0.416 e. The van der Waals surface area contributed by atoms with Gasteiger partial charge in [0.25, 0.3) is 11.6 Å². The molecule has 0 unspecified atom stereocenters. The summed E-state index contributed by atoms with van der Waals surface area (Å²) in [7, 11) is 1.55. The number of alkyl halides is 3. The van der Waals surface area contributed by atoms with E-state index in [2.05, 4.69) is 16.0 Å². The van der Waals surface area contributed by atoms with Crippen LogP contribution < -0.4 is 16.0 Å². The maximum absolute atomic E-state index is 13.3. The van der Waals surface area contributed by atoms with E-state index in [1.54, 1.807) is 7.05 Å². The summed E-state index contributed by atoms with van der Waals surface area (Å²) < 4.78 is 38.8. The van der Waals surface area contributed by atoms with Crippen LogP contribution in [0.1, 0.15) is 66.6 Å². The standard InChI is InChI=1S/C25H29F3N4O4/c1-3-5-20(15-8-11-17(12-9-15)25(26,27)28)31-24(34)19-6-4-7-21(32(35)36)22(19)30-18-13-10-16(14-18)23(33)29-2/h4,6-9,11-12,16,18,20,30H,3,5,10,13-14H2,1-2H3,(H,29,33)(H,31,34)/t16-,18-,20-/m0/s1. The Morgan fingerprint density at radius 1 is 1.14 bits per heavy atom. The highest BCUT2D eigenvalue weighted by Gasteiger charge is 2.33. The fourth-order valence-electron chi connectivity index (χ4n) is 4.54. The fraction of sp³-hybridized carbons (Fsp3) is 0.440. The first-order valence-corrected chi connectivity index (χ1v) is 11.8. The number of rotatable bonds is 9. The fourth-order valence-corrected chi connectivity index (χ4v) is 4.54. The van der Waals surface area contributed by atoms with Crippen LogP contribution in [-0.2, 0) is 11.0 Å². The molecule has 1 fully saturated rings. The van der Waals surface area contributed by atoms with Gasteiger partial charge in [-0.25, -0.2) is 0 Å². The minimum Gasteiger partial charge on any atom is -0.376 e. The second-order valence-corrected chi connectivity index (χ2v) is 8.86. The molecule has 2 aromatic rings. The van der Waals surface area contributed by atoms with E-state index in [-0.39, 0.29) is 34.8 Å². The number of nitro groups is 1. The van der Waals surface area contributed by atoms with Crippen molar-refractivity contribution in [1.82, 2.24) is 10.6 Å². The molecule has 3 atom stereocenters. The van der Waals surface area contributed by atoms with Gasteiger partial charge in [0, 0.05) is 25.1 Å². The van der Waals surface area contributed by atoms with Gasteiger partial charge in [-0.05, 0) is 49.4 Å². The number of carbonyl (C=O) groups excluding carboxylic acids is 2. The second kappa shape index (κ2) is 11.4. The van der Waals surface area contributed by atoms with Gasteiger partial charge in [0.2, 0.25) is 5.91 Å². The highest BCUT2D eigenvalue weighted by atomic mass is 19.4. The molecule has 0 aliphatic heterocycles. The summed E-state index contributed by atoms with van der Waals surface area (Å²) in [5.41, 5.74) is -0.439. The molecule has 0 saturated heterocycles. The topological polar surface area (TPSA) is 113 Å². The van der Waals surface area contributed by atoms with Crippen molar-refractivity contribution in [2.45, 2.75) is 57.3 Å². The number of benzene rings is 2. The van der Waals surface area contributed by atoms with E-state index in [4.69, 9.17) is 0 Å². The summed E-state index contributed by atoms with van der Waals surface area (Å²) in [6.45, 7) is 1.88. The average molecular weight is 507 g/mol. The molecule has 2 aromatic carbocycles. The van der Waals surface area contributed by atoms with E-state index in [1.807, 2.05) is 6.92 Å². The second-order valence-electron chi connectivity index (χ2n) is 8.86. The molecule has 0 aromatic heterocycles. The zero-order valence-electron chi connectivity index (χ0n) is 20.0. The van der Waals surface area contributed by atoms with Gasteiger partial charge in [0.1, 0.15) is 5.69 Å². The Hall–Kier alpha value is -3.63. The predicted octanol–water partition coefficient (Wildman–Crippen LogP) is 5.21. The number of carbonyl (C=O) groups is 2. The Morgan fingerprint density at radius 2 is 1.83 bits per heavy atom. The number of halogens is 3. The Bertz CT molecular complexity index is 1110. The summed E-state index contributed by atoms with van der Waals surface area (Å²) in [5, 5.41) is 20.3. The van der Waals surface area contributed by atoms with Crippen molar-refractivity contribution in [3.63, 3.8) is 0 Å². The molecule has 11 heteroatoms. The molecule has 1 aliphatic rings. The molecule has 36 heavy (non-hydrogen) atoms. The molecule has 1 aliphatic carbocycles. The molecule has 3 N–H and O–H groups in total. The van der Waals surface area contributed by atoms with Crippen molar-refractivity contribution in [2.24, 2.45) is 5.92 Å². The molecule has 2 amide bonds. The van der Waals surface area contributed by atoms with Crippen LogP contribution in [0.4, 0.5) is 24.5 Å². The molecule has 194 valence electrons. The molecule has 0 radical (unpaired) electrons. The van der Waals surface area contributed by atoms with E-state index < -0.39 is 28.6 Å². The monoisotopic (exact) mass is 506 g/mol. The third-order valence-corrected chi connectivity index (χ3v) is 6.41. The van der Waals surface area contributed by atoms with Crippen LogP contribution in [0, 0.1) is 16.0 Å². The average Bonchev–Trinajstić information content (AvgIpc) is 3.31.